The van der Waals surface area contributed by atoms with E-state index in [9.17, 15) is 14.4 Å². The molecule has 0 aliphatic carbocycles. The van der Waals surface area contributed by atoms with E-state index >= 15 is 0 Å². The van der Waals surface area contributed by atoms with Crippen molar-refractivity contribution < 1.29 is 14.4 Å². The minimum Gasteiger partial charge on any atom is -0.369 e. The number of primary amides is 1. The van der Waals surface area contributed by atoms with Crippen LogP contribution in [0.4, 0.5) is 11.4 Å². The number of para-hydroxylation sites is 1. The lowest BCUT2D eigenvalue weighted by Gasteiger charge is -2.32. The fourth-order valence-corrected chi connectivity index (χ4v) is 2.50. The van der Waals surface area contributed by atoms with Gasteiger partial charge in [-0.05, 0) is 49.2 Å². The summed E-state index contributed by atoms with van der Waals surface area (Å²) < 4.78 is 0. The first-order valence-electron chi connectivity index (χ1n) is 9.96. The lowest BCUT2D eigenvalue weighted by Crippen LogP contribution is -2.37. The summed E-state index contributed by atoms with van der Waals surface area (Å²) in [5.74, 6) is -0.235. The zero-order chi connectivity index (χ0) is 23.3. The van der Waals surface area contributed by atoms with Crippen LogP contribution in [0.25, 0.3) is 0 Å². The minimum atomic E-state index is -0.516. The number of aryl methyl sites for hydroxylation is 2. The number of rotatable bonds is 3. The van der Waals surface area contributed by atoms with Crippen molar-refractivity contribution in [1.29, 1.82) is 0 Å². The number of nitrogens with two attached hydrogens (primary N) is 1. The van der Waals surface area contributed by atoms with Crippen molar-refractivity contribution >= 4 is 29.5 Å². The molecule has 0 saturated carbocycles. The average Bonchev–Trinajstić information content (AvgIpc) is 2.63. The summed E-state index contributed by atoms with van der Waals surface area (Å²) in [6, 6.07) is 13.2. The molecule has 0 spiro atoms. The predicted octanol–water partition coefficient (Wildman–Crippen LogP) is 5.34. The van der Waals surface area contributed by atoms with Gasteiger partial charge >= 0.3 is 0 Å². The molecule has 0 radical (unpaired) electrons. The van der Waals surface area contributed by atoms with E-state index in [1.165, 1.54) is 0 Å². The van der Waals surface area contributed by atoms with Crippen LogP contribution in [0.3, 0.4) is 0 Å². The number of hydrogen-bond acceptors (Lipinski definition) is 3. The average molecular weight is 411 g/mol. The predicted molar refractivity (Wildman–Crippen MR) is 123 cm³/mol. The van der Waals surface area contributed by atoms with E-state index in [0.29, 0.717) is 5.56 Å². The van der Waals surface area contributed by atoms with Crippen molar-refractivity contribution in [2.75, 3.05) is 4.90 Å². The summed E-state index contributed by atoms with van der Waals surface area (Å²) in [5.41, 5.74) is 8.27. The molecular formula is C25H34N2O3. The minimum absolute atomic E-state index is 0.0220. The lowest BCUT2D eigenvalue weighted by atomic mass is 9.93. The molecule has 0 unspecified atom stereocenters. The smallest absolute Gasteiger partial charge is 0.236 e. The molecule has 0 aliphatic heterocycles. The van der Waals surface area contributed by atoms with Crippen LogP contribution in [0, 0.1) is 24.7 Å². The maximum absolute atomic E-state index is 13.1. The Balaban J connectivity index is 0.000000553. The highest BCUT2D eigenvalue weighted by Gasteiger charge is 2.30. The number of benzene rings is 2. The molecule has 0 bridgehead atoms. The van der Waals surface area contributed by atoms with Gasteiger partial charge in [-0.25, -0.2) is 0 Å². The quantitative estimate of drug-likeness (QED) is 0.693. The molecule has 5 nitrogen and oxygen atoms in total. The highest BCUT2D eigenvalue weighted by Crippen LogP contribution is 2.35. The number of carbonyl (C=O) groups is 3. The number of amides is 2. The normalized spacial score (nSPS) is 11.2. The van der Waals surface area contributed by atoms with Crippen LogP contribution in [0.2, 0.25) is 0 Å². The van der Waals surface area contributed by atoms with E-state index in [0.717, 1.165) is 28.8 Å². The zero-order valence-corrected chi connectivity index (χ0v) is 19.4. The van der Waals surface area contributed by atoms with Gasteiger partial charge < -0.3 is 5.73 Å². The number of aldehydes is 1. The second kappa shape index (κ2) is 9.70. The first kappa shape index (κ1) is 25.1. The van der Waals surface area contributed by atoms with Gasteiger partial charge in [-0.1, -0.05) is 59.7 Å². The third kappa shape index (κ3) is 6.55. The Kier molecular flexibility index (Phi) is 8.11. The summed E-state index contributed by atoms with van der Waals surface area (Å²) in [4.78, 5) is 36.1. The summed E-state index contributed by atoms with van der Waals surface area (Å²) >= 11 is 0. The Morgan fingerprint density at radius 3 is 1.73 bits per heavy atom. The van der Waals surface area contributed by atoms with Crippen molar-refractivity contribution in [1.82, 2.24) is 0 Å². The number of nitrogens with zero attached hydrogens (tertiary/aromatic N) is 1. The summed E-state index contributed by atoms with van der Waals surface area (Å²) in [7, 11) is 0. The van der Waals surface area contributed by atoms with Crippen LogP contribution in [0.5, 0.6) is 0 Å². The molecule has 0 aromatic heterocycles. The van der Waals surface area contributed by atoms with Crippen LogP contribution < -0.4 is 10.6 Å². The standard InChI is InChI=1S/C20H23NO2.C5H11NO/c1-14-8-6-7-9-17(14)21(19(23)20(3,4)5)18-11-10-16(13-22)12-15(18)2;1-5(2,3)4(6)7/h6-13H,1-5H3;1-3H3,(H2,6,7). The van der Waals surface area contributed by atoms with Crippen LogP contribution >= 0.6 is 0 Å². The molecule has 2 rings (SSSR count). The molecular weight excluding hydrogens is 376 g/mol. The van der Waals surface area contributed by atoms with Crippen molar-refractivity contribution in [3.8, 4) is 0 Å². The van der Waals surface area contributed by atoms with Gasteiger partial charge in [-0.15, -0.1) is 0 Å². The summed E-state index contributed by atoms with van der Waals surface area (Å²) in [6.07, 6.45) is 0.820. The molecule has 2 aromatic rings. The Labute approximate surface area is 180 Å². The molecule has 30 heavy (non-hydrogen) atoms. The Bertz CT molecular complexity index is 919. The molecule has 2 amide bonds. The van der Waals surface area contributed by atoms with E-state index in [1.54, 1.807) is 31.7 Å². The van der Waals surface area contributed by atoms with E-state index < -0.39 is 5.41 Å². The van der Waals surface area contributed by atoms with Gasteiger partial charge in [0.15, 0.2) is 0 Å². The SMILES string of the molecule is CC(C)(C)C(N)=O.Cc1ccccc1N(C(=O)C(C)(C)C)c1ccc(C=O)cc1C. The monoisotopic (exact) mass is 410 g/mol. The molecule has 2 N–H and O–H groups in total. The van der Waals surface area contributed by atoms with E-state index in [1.807, 2.05) is 71.0 Å². The topological polar surface area (TPSA) is 80.5 Å². The summed E-state index contributed by atoms with van der Waals surface area (Å²) in [5, 5.41) is 0. The lowest BCUT2D eigenvalue weighted by molar-refractivity contribution is -0.125. The fourth-order valence-electron chi connectivity index (χ4n) is 2.50. The van der Waals surface area contributed by atoms with Crippen molar-refractivity contribution in [2.24, 2.45) is 16.6 Å². The van der Waals surface area contributed by atoms with Crippen molar-refractivity contribution in [3.63, 3.8) is 0 Å². The molecule has 0 heterocycles. The Morgan fingerprint density at radius 1 is 0.833 bits per heavy atom. The molecule has 0 aliphatic rings. The third-order valence-electron chi connectivity index (χ3n) is 4.54. The molecule has 0 fully saturated rings. The van der Waals surface area contributed by atoms with Gasteiger partial charge in [0, 0.05) is 16.4 Å². The van der Waals surface area contributed by atoms with Crippen LogP contribution in [0.15, 0.2) is 42.5 Å². The fraction of sp³-hybridized carbons (Fsp3) is 0.400. The van der Waals surface area contributed by atoms with Crippen molar-refractivity contribution in [2.45, 2.75) is 55.4 Å². The highest BCUT2D eigenvalue weighted by molar-refractivity contribution is 6.04. The van der Waals surface area contributed by atoms with Gasteiger partial charge in [0.1, 0.15) is 6.29 Å². The number of hydrogen-bond donors (Lipinski definition) is 1. The number of carbonyl (C=O) groups excluding carboxylic acids is 3. The zero-order valence-electron chi connectivity index (χ0n) is 19.4. The van der Waals surface area contributed by atoms with E-state index in [4.69, 9.17) is 5.73 Å². The van der Waals surface area contributed by atoms with Crippen molar-refractivity contribution in [3.05, 3.63) is 59.2 Å². The maximum Gasteiger partial charge on any atom is 0.236 e. The van der Waals surface area contributed by atoms with Crippen LogP contribution in [-0.2, 0) is 9.59 Å². The Hall–Kier alpha value is -2.95. The van der Waals surface area contributed by atoms with Gasteiger partial charge in [-0.2, -0.15) is 0 Å². The molecule has 5 heteroatoms. The number of anilines is 2. The van der Waals surface area contributed by atoms with E-state index in [-0.39, 0.29) is 17.2 Å². The first-order valence-corrected chi connectivity index (χ1v) is 9.96. The molecule has 0 saturated heterocycles. The summed E-state index contributed by atoms with van der Waals surface area (Å²) in [6.45, 7) is 15.0. The third-order valence-corrected chi connectivity index (χ3v) is 4.54. The second-order valence-corrected chi connectivity index (χ2v) is 9.46. The Morgan fingerprint density at radius 2 is 1.33 bits per heavy atom. The van der Waals surface area contributed by atoms with Crippen LogP contribution in [-0.4, -0.2) is 18.1 Å². The molecule has 162 valence electrons. The van der Waals surface area contributed by atoms with Gasteiger partial charge in [0.25, 0.3) is 0 Å². The van der Waals surface area contributed by atoms with Gasteiger partial charge in [0.05, 0.1) is 11.4 Å². The van der Waals surface area contributed by atoms with Gasteiger partial charge in [0.2, 0.25) is 11.8 Å². The largest absolute Gasteiger partial charge is 0.369 e. The van der Waals surface area contributed by atoms with Crippen LogP contribution in [0.1, 0.15) is 63.0 Å². The highest BCUT2D eigenvalue weighted by atomic mass is 16.2. The second-order valence-electron chi connectivity index (χ2n) is 9.46. The first-order chi connectivity index (χ1) is 13.7. The molecule has 0 atom stereocenters. The maximum atomic E-state index is 13.1. The van der Waals surface area contributed by atoms with Gasteiger partial charge in [-0.3, -0.25) is 19.3 Å². The van der Waals surface area contributed by atoms with E-state index in [2.05, 4.69) is 0 Å². The molecule has 2 aromatic carbocycles.